The van der Waals surface area contributed by atoms with Gasteiger partial charge in [-0.15, -0.1) is 0 Å². The van der Waals surface area contributed by atoms with E-state index in [9.17, 15) is 19.2 Å². The Hall–Kier alpha value is -2.83. The molecule has 2 saturated heterocycles. The largest absolute Gasteiger partial charge is 0.349 e. The number of carbonyl (C=O) groups excluding carboxylic acids is 4. The second-order valence-corrected chi connectivity index (χ2v) is 9.75. The van der Waals surface area contributed by atoms with Crippen LogP contribution in [0.1, 0.15) is 64.5 Å². The number of hydrogen-bond acceptors (Lipinski definition) is 5. The maximum absolute atomic E-state index is 13.8. The molecule has 4 aliphatic rings. The molecule has 3 atom stereocenters. The average Bonchev–Trinajstić information content (AvgIpc) is 3.40. The van der Waals surface area contributed by atoms with Crippen molar-refractivity contribution in [1.82, 2.24) is 4.90 Å². The molecule has 2 aromatic rings. The maximum Gasteiger partial charge on any atom is 0.237 e. The van der Waals surface area contributed by atoms with Crippen LogP contribution in [0.3, 0.4) is 0 Å². The molecule has 3 fully saturated rings. The Labute approximate surface area is 195 Å². The second kappa shape index (κ2) is 7.34. The zero-order chi connectivity index (χ0) is 22.9. The van der Waals surface area contributed by atoms with Crippen LogP contribution in [0.5, 0.6) is 0 Å². The molecule has 2 amide bonds. The molecule has 6 nitrogen and oxygen atoms in total. The zero-order valence-corrected chi connectivity index (χ0v) is 18.6. The van der Waals surface area contributed by atoms with Gasteiger partial charge in [-0.25, -0.2) is 0 Å². The summed E-state index contributed by atoms with van der Waals surface area (Å²) in [6, 6.07) is 13.2. The molecular formula is C26H22ClNO5. The highest BCUT2D eigenvalue weighted by molar-refractivity contribution is 6.35. The first-order chi connectivity index (χ1) is 16.0. The van der Waals surface area contributed by atoms with Crippen molar-refractivity contribution in [2.45, 2.75) is 49.9 Å². The number of ketones is 2. The average molecular weight is 464 g/mol. The summed E-state index contributed by atoms with van der Waals surface area (Å²) >= 11 is 6.46. The van der Waals surface area contributed by atoms with E-state index in [4.69, 9.17) is 16.3 Å². The van der Waals surface area contributed by atoms with E-state index in [-0.39, 0.29) is 23.1 Å². The van der Waals surface area contributed by atoms with Crippen molar-refractivity contribution >= 4 is 35.0 Å². The second-order valence-electron chi connectivity index (χ2n) is 9.34. The number of Topliss-reactive ketones (excluding diaryl/α,β-unsaturated/α-hetero) is 2. The van der Waals surface area contributed by atoms with E-state index in [0.717, 1.165) is 32.1 Å². The molecule has 0 radical (unpaired) electrons. The predicted octanol–water partition coefficient (Wildman–Crippen LogP) is 4.16. The first kappa shape index (κ1) is 20.8. The van der Waals surface area contributed by atoms with Gasteiger partial charge in [-0.1, -0.05) is 73.3 Å². The molecule has 7 heteroatoms. The minimum Gasteiger partial charge on any atom is -0.349 e. The lowest BCUT2D eigenvalue weighted by Gasteiger charge is -2.33. The summed E-state index contributed by atoms with van der Waals surface area (Å²) in [5.74, 6) is -4.09. The highest BCUT2D eigenvalue weighted by Crippen LogP contribution is 2.58. The minimum atomic E-state index is -2.03. The third-order valence-corrected chi connectivity index (χ3v) is 8.05. The molecular weight excluding hydrogens is 442 g/mol. The van der Waals surface area contributed by atoms with Crippen molar-refractivity contribution in [2.24, 2.45) is 11.8 Å². The fourth-order valence-electron chi connectivity index (χ4n) is 6.23. The number of rotatable bonds is 2. The van der Waals surface area contributed by atoms with Crippen LogP contribution >= 0.6 is 11.6 Å². The summed E-state index contributed by atoms with van der Waals surface area (Å²) in [6.07, 6.45) is 3.47. The third-order valence-electron chi connectivity index (χ3n) is 7.70. The topological polar surface area (TPSA) is 80.8 Å². The monoisotopic (exact) mass is 463 g/mol. The van der Waals surface area contributed by atoms with Gasteiger partial charge in [0.25, 0.3) is 0 Å². The van der Waals surface area contributed by atoms with Crippen molar-refractivity contribution in [3.8, 4) is 0 Å². The minimum absolute atomic E-state index is 0.206. The van der Waals surface area contributed by atoms with E-state index >= 15 is 0 Å². The lowest BCUT2D eigenvalue weighted by Crippen LogP contribution is -2.52. The number of hydrogen-bond donors (Lipinski definition) is 0. The predicted molar refractivity (Wildman–Crippen MR) is 119 cm³/mol. The van der Waals surface area contributed by atoms with Crippen LogP contribution < -0.4 is 0 Å². The fraction of sp³-hybridized carbons (Fsp3) is 0.385. The Morgan fingerprint density at radius 2 is 1.42 bits per heavy atom. The van der Waals surface area contributed by atoms with E-state index < -0.39 is 41.0 Å². The Bertz CT molecular complexity index is 1180. The molecule has 168 valence electrons. The van der Waals surface area contributed by atoms with Crippen LogP contribution in [-0.4, -0.2) is 39.9 Å². The van der Waals surface area contributed by atoms with Gasteiger partial charge in [-0.2, -0.15) is 0 Å². The summed E-state index contributed by atoms with van der Waals surface area (Å²) in [5.41, 5.74) is -1.06. The lowest BCUT2D eigenvalue weighted by molar-refractivity contribution is -0.148. The molecule has 1 saturated carbocycles. The summed E-state index contributed by atoms with van der Waals surface area (Å²) in [5, 5.41) is 0.366. The van der Waals surface area contributed by atoms with Crippen LogP contribution in [-0.2, 0) is 14.3 Å². The van der Waals surface area contributed by atoms with Crippen LogP contribution in [0.2, 0.25) is 5.02 Å². The number of halogens is 1. The molecule has 2 aromatic carbocycles. The standard InChI is InChI=1S/C26H22ClNO5/c27-18-13-7-6-12-17(18)21-19-20(25(32)28(24(19)31)14-8-2-1-3-9-14)26(33-21)22(29)15-10-4-5-11-16(15)23(26)30/h4-7,10-14,19-21H,1-3,8-9H2/t19-,20-,21-/m0/s1. The van der Waals surface area contributed by atoms with Gasteiger partial charge < -0.3 is 4.74 Å². The van der Waals surface area contributed by atoms with Gasteiger partial charge in [0.05, 0.1) is 17.9 Å². The molecule has 33 heavy (non-hydrogen) atoms. The van der Waals surface area contributed by atoms with Gasteiger partial charge in [-0.05, 0) is 18.9 Å². The van der Waals surface area contributed by atoms with Gasteiger partial charge in [0.1, 0.15) is 0 Å². The molecule has 2 aliphatic heterocycles. The first-order valence-electron chi connectivity index (χ1n) is 11.4. The van der Waals surface area contributed by atoms with Gasteiger partial charge in [0, 0.05) is 27.8 Å². The number of ether oxygens (including phenoxy) is 1. The molecule has 1 spiro atoms. The van der Waals surface area contributed by atoms with E-state index in [2.05, 4.69) is 0 Å². The Balaban J connectivity index is 1.52. The Kier molecular flexibility index (Phi) is 4.61. The number of likely N-dealkylation sites (tertiary alicyclic amines) is 1. The number of fused-ring (bicyclic) bond motifs is 3. The fourth-order valence-corrected chi connectivity index (χ4v) is 6.47. The van der Waals surface area contributed by atoms with Gasteiger partial charge in [0.2, 0.25) is 29.0 Å². The first-order valence-corrected chi connectivity index (χ1v) is 11.8. The quantitative estimate of drug-likeness (QED) is 0.493. The van der Waals surface area contributed by atoms with Crippen LogP contribution in [0, 0.1) is 11.8 Å². The highest BCUT2D eigenvalue weighted by Gasteiger charge is 2.75. The van der Waals surface area contributed by atoms with E-state index in [1.54, 1.807) is 48.5 Å². The van der Waals surface area contributed by atoms with Gasteiger partial charge in [0.15, 0.2) is 0 Å². The van der Waals surface area contributed by atoms with E-state index in [1.165, 1.54) is 4.90 Å². The third kappa shape index (κ3) is 2.65. The SMILES string of the molecule is O=C1[C@H]2[C@@H](C(=O)N1C1CCCCC1)C1(O[C@H]2c2ccccc2Cl)C(=O)c2ccccc2C1=O. The number of amides is 2. The van der Waals surface area contributed by atoms with E-state index in [0.29, 0.717) is 10.6 Å². The summed E-state index contributed by atoms with van der Waals surface area (Å²) < 4.78 is 6.28. The Morgan fingerprint density at radius 1 is 0.818 bits per heavy atom. The van der Waals surface area contributed by atoms with Crippen LogP contribution in [0.15, 0.2) is 48.5 Å². The molecule has 2 aliphatic carbocycles. The molecule has 0 bridgehead atoms. The Morgan fingerprint density at radius 3 is 2.06 bits per heavy atom. The molecule has 0 N–H and O–H groups in total. The van der Waals surface area contributed by atoms with Crippen molar-refractivity contribution in [1.29, 1.82) is 0 Å². The van der Waals surface area contributed by atoms with Gasteiger partial charge >= 0.3 is 0 Å². The molecule has 2 heterocycles. The summed E-state index contributed by atoms with van der Waals surface area (Å²) in [7, 11) is 0. The van der Waals surface area contributed by atoms with E-state index in [1.807, 2.05) is 0 Å². The number of imide groups is 1. The zero-order valence-electron chi connectivity index (χ0n) is 17.8. The van der Waals surface area contributed by atoms with Crippen LogP contribution in [0.4, 0.5) is 0 Å². The van der Waals surface area contributed by atoms with Crippen molar-refractivity contribution in [3.05, 3.63) is 70.2 Å². The number of benzene rings is 2. The molecule has 0 unspecified atom stereocenters. The number of nitrogens with zero attached hydrogens (tertiary/aromatic N) is 1. The van der Waals surface area contributed by atoms with Crippen molar-refractivity contribution in [3.63, 3.8) is 0 Å². The van der Waals surface area contributed by atoms with Crippen molar-refractivity contribution < 1.29 is 23.9 Å². The summed E-state index contributed by atoms with van der Waals surface area (Å²) in [6.45, 7) is 0. The van der Waals surface area contributed by atoms with Crippen LogP contribution in [0.25, 0.3) is 0 Å². The normalized spacial score (nSPS) is 28.6. The smallest absolute Gasteiger partial charge is 0.237 e. The molecule has 0 aromatic heterocycles. The van der Waals surface area contributed by atoms with Gasteiger partial charge in [-0.3, -0.25) is 24.1 Å². The highest BCUT2D eigenvalue weighted by atomic mass is 35.5. The maximum atomic E-state index is 13.8. The summed E-state index contributed by atoms with van der Waals surface area (Å²) in [4.78, 5) is 56.4. The number of carbonyl (C=O) groups is 4. The van der Waals surface area contributed by atoms with Crippen molar-refractivity contribution in [2.75, 3.05) is 0 Å². The lowest BCUT2D eigenvalue weighted by atomic mass is 9.77. The molecule has 6 rings (SSSR count).